The molecule has 1 amide bonds. The Bertz CT molecular complexity index is 973. The molecular formula is C18H19IN2O5S. The Hall–Kier alpha value is -1.98. The van der Waals surface area contributed by atoms with Crippen LogP contribution in [0.3, 0.4) is 0 Å². The molecule has 0 aliphatic heterocycles. The highest BCUT2D eigenvalue weighted by molar-refractivity contribution is 14.1. The second kappa shape index (κ2) is 8.81. The lowest BCUT2D eigenvalue weighted by atomic mass is 10.2. The van der Waals surface area contributed by atoms with Crippen molar-refractivity contribution >= 4 is 50.2 Å². The molecule has 0 fully saturated rings. The zero-order valence-corrected chi connectivity index (χ0v) is 18.0. The van der Waals surface area contributed by atoms with Crippen LogP contribution in [0, 0.1) is 10.5 Å². The van der Waals surface area contributed by atoms with Gasteiger partial charge in [0.05, 0.1) is 10.5 Å². The molecule has 9 heteroatoms. The highest BCUT2D eigenvalue weighted by Gasteiger charge is 2.19. The van der Waals surface area contributed by atoms with Crippen LogP contribution in [0.4, 0.5) is 5.69 Å². The van der Waals surface area contributed by atoms with Crippen molar-refractivity contribution in [1.82, 2.24) is 4.31 Å². The number of ether oxygens (including phenoxy) is 1. The van der Waals surface area contributed by atoms with Crippen molar-refractivity contribution in [2.45, 2.75) is 11.8 Å². The number of nitrogens with zero attached hydrogens (tertiary/aromatic N) is 1. The van der Waals surface area contributed by atoms with Crippen molar-refractivity contribution in [3.63, 3.8) is 0 Å². The van der Waals surface area contributed by atoms with Crippen LogP contribution >= 0.6 is 22.6 Å². The summed E-state index contributed by atoms with van der Waals surface area (Å²) in [7, 11) is -0.765. The van der Waals surface area contributed by atoms with Crippen LogP contribution in [0.15, 0.2) is 47.4 Å². The number of esters is 1. The first-order valence-corrected chi connectivity index (χ1v) is 10.4. The van der Waals surface area contributed by atoms with Gasteiger partial charge in [0.25, 0.3) is 5.91 Å². The van der Waals surface area contributed by atoms with Gasteiger partial charge in [-0.1, -0.05) is 12.1 Å². The van der Waals surface area contributed by atoms with E-state index in [1.54, 1.807) is 31.2 Å². The summed E-state index contributed by atoms with van der Waals surface area (Å²) in [6.45, 7) is 1.26. The molecule has 0 bridgehead atoms. The second-order valence-corrected chi connectivity index (χ2v) is 9.30. The van der Waals surface area contributed by atoms with Gasteiger partial charge in [0.1, 0.15) is 0 Å². The van der Waals surface area contributed by atoms with Crippen molar-refractivity contribution in [1.29, 1.82) is 0 Å². The van der Waals surface area contributed by atoms with Crippen LogP contribution in [0.1, 0.15) is 15.9 Å². The highest BCUT2D eigenvalue weighted by Crippen LogP contribution is 2.22. The largest absolute Gasteiger partial charge is 0.452 e. The van der Waals surface area contributed by atoms with Crippen LogP contribution in [0.2, 0.25) is 0 Å². The summed E-state index contributed by atoms with van der Waals surface area (Å²) in [4.78, 5) is 24.2. The smallest absolute Gasteiger partial charge is 0.338 e. The molecule has 0 aliphatic carbocycles. The van der Waals surface area contributed by atoms with E-state index in [0.717, 1.165) is 7.88 Å². The van der Waals surface area contributed by atoms with E-state index >= 15 is 0 Å². The number of aryl methyl sites for hydroxylation is 1. The van der Waals surface area contributed by atoms with Gasteiger partial charge in [0.2, 0.25) is 10.0 Å². The van der Waals surface area contributed by atoms with Crippen molar-refractivity contribution in [2.24, 2.45) is 0 Å². The Labute approximate surface area is 171 Å². The first-order chi connectivity index (χ1) is 12.6. The fourth-order valence-electron chi connectivity index (χ4n) is 2.12. The molecule has 0 atom stereocenters. The molecule has 0 saturated carbocycles. The molecule has 0 aliphatic rings. The maximum Gasteiger partial charge on any atom is 0.338 e. The van der Waals surface area contributed by atoms with E-state index in [9.17, 15) is 18.0 Å². The monoisotopic (exact) mass is 502 g/mol. The first-order valence-electron chi connectivity index (χ1n) is 7.87. The number of anilines is 1. The molecule has 27 heavy (non-hydrogen) atoms. The minimum atomic E-state index is -3.62. The van der Waals surface area contributed by atoms with Gasteiger partial charge in [-0.15, -0.1) is 0 Å². The Kier molecular flexibility index (Phi) is 6.95. The molecule has 2 aromatic carbocycles. The Morgan fingerprint density at radius 3 is 2.48 bits per heavy atom. The van der Waals surface area contributed by atoms with Gasteiger partial charge in [-0.25, -0.2) is 17.5 Å². The van der Waals surface area contributed by atoms with Gasteiger partial charge in [-0.3, -0.25) is 4.79 Å². The third kappa shape index (κ3) is 5.50. The van der Waals surface area contributed by atoms with E-state index in [1.165, 1.54) is 26.2 Å². The van der Waals surface area contributed by atoms with Crippen LogP contribution in [-0.4, -0.2) is 45.3 Å². The van der Waals surface area contributed by atoms with E-state index < -0.39 is 28.5 Å². The van der Waals surface area contributed by atoms with Gasteiger partial charge in [0.15, 0.2) is 6.61 Å². The molecule has 0 saturated heterocycles. The first kappa shape index (κ1) is 21.3. The van der Waals surface area contributed by atoms with E-state index in [2.05, 4.69) is 27.9 Å². The standard InChI is InChI=1S/C18H19IN2O5S/c1-12-7-8-15(27(24,25)21(2)3)10-16(12)20-17(22)11-26-18(23)13-5-4-6-14(19)9-13/h4-10H,11H2,1-3H3,(H,20,22). The fraction of sp³-hybridized carbons (Fsp3) is 0.222. The molecular weight excluding hydrogens is 483 g/mol. The summed E-state index contributed by atoms with van der Waals surface area (Å²) in [5, 5.41) is 2.58. The van der Waals surface area contributed by atoms with Crippen molar-refractivity contribution in [3.05, 3.63) is 57.2 Å². The lowest BCUT2D eigenvalue weighted by Crippen LogP contribution is -2.23. The maximum absolute atomic E-state index is 12.2. The lowest BCUT2D eigenvalue weighted by molar-refractivity contribution is -0.119. The zero-order valence-electron chi connectivity index (χ0n) is 15.0. The van der Waals surface area contributed by atoms with E-state index in [0.29, 0.717) is 16.8 Å². The third-order valence-corrected chi connectivity index (χ3v) is 6.14. The summed E-state index contributed by atoms with van der Waals surface area (Å²) in [5.74, 6) is -1.17. The number of rotatable bonds is 6. The van der Waals surface area contributed by atoms with Crippen LogP contribution in [-0.2, 0) is 19.6 Å². The van der Waals surface area contributed by atoms with Crippen LogP contribution in [0.5, 0.6) is 0 Å². The predicted molar refractivity (Wildman–Crippen MR) is 110 cm³/mol. The molecule has 2 aromatic rings. The van der Waals surface area contributed by atoms with Gasteiger partial charge < -0.3 is 10.1 Å². The SMILES string of the molecule is Cc1ccc(S(=O)(=O)N(C)C)cc1NC(=O)COC(=O)c1cccc(I)c1. The molecule has 0 heterocycles. The number of sulfonamides is 1. The Morgan fingerprint density at radius 2 is 1.85 bits per heavy atom. The van der Waals surface area contributed by atoms with Gasteiger partial charge in [-0.05, 0) is 65.4 Å². The average Bonchev–Trinajstić information content (AvgIpc) is 2.61. The lowest BCUT2D eigenvalue weighted by Gasteiger charge is -2.14. The van der Waals surface area contributed by atoms with E-state index in [-0.39, 0.29) is 4.90 Å². The van der Waals surface area contributed by atoms with Crippen molar-refractivity contribution in [2.75, 3.05) is 26.0 Å². The summed E-state index contributed by atoms with van der Waals surface area (Å²) in [6, 6.07) is 11.3. The van der Waals surface area contributed by atoms with Gasteiger partial charge in [0, 0.05) is 23.4 Å². The molecule has 2 rings (SSSR count). The van der Waals surface area contributed by atoms with E-state index in [4.69, 9.17) is 4.74 Å². The fourth-order valence-corrected chi connectivity index (χ4v) is 3.59. The number of halogens is 1. The third-order valence-electron chi connectivity index (χ3n) is 3.66. The normalized spacial score (nSPS) is 11.3. The zero-order chi connectivity index (χ0) is 20.2. The maximum atomic E-state index is 12.2. The number of carbonyl (C=O) groups excluding carboxylic acids is 2. The highest BCUT2D eigenvalue weighted by atomic mass is 127. The summed E-state index contributed by atoms with van der Waals surface area (Å²) in [5.41, 5.74) is 1.38. The summed E-state index contributed by atoms with van der Waals surface area (Å²) >= 11 is 2.07. The summed E-state index contributed by atoms with van der Waals surface area (Å²) < 4.78 is 31.4. The minimum Gasteiger partial charge on any atom is -0.452 e. The molecule has 0 spiro atoms. The summed E-state index contributed by atoms with van der Waals surface area (Å²) in [6.07, 6.45) is 0. The predicted octanol–water partition coefficient (Wildman–Crippen LogP) is 2.65. The van der Waals surface area contributed by atoms with Crippen molar-refractivity contribution in [3.8, 4) is 0 Å². The Morgan fingerprint density at radius 1 is 1.15 bits per heavy atom. The van der Waals surface area contributed by atoms with Gasteiger partial charge >= 0.3 is 5.97 Å². The number of benzene rings is 2. The number of hydrogen-bond acceptors (Lipinski definition) is 5. The van der Waals surface area contributed by atoms with E-state index in [1.807, 2.05) is 6.07 Å². The van der Waals surface area contributed by atoms with Crippen molar-refractivity contribution < 1.29 is 22.7 Å². The molecule has 0 unspecified atom stereocenters. The van der Waals surface area contributed by atoms with Crippen LogP contribution in [0.25, 0.3) is 0 Å². The Balaban J connectivity index is 2.06. The minimum absolute atomic E-state index is 0.0595. The number of carbonyl (C=O) groups is 2. The van der Waals surface area contributed by atoms with Gasteiger partial charge in [-0.2, -0.15) is 0 Å². The molecule has 7 nitrogen and oxygen atoms in total. The number of nitrogens with one attached hydrogen (secondary N) is 1. The molecule has 1 N–H and O–H groups in total. The molecule has 0 radical (unpaired) electrons. The average molecular weight is 502 g/mol. The number of amides is 1. The second-order valence-electron chi connectivity index (χ2n) is 5.90. The van der Waals surface area contributed by atoms with Crippen LogP contribution < -0.4 is 5.32 Å². The topological polar surface area (TPSA) is 92.8 Å². The quantitative estimate of drug-likeness (QED) is 0.485. The molecule has 0 aromatic heterocycles. The molecule has 144 valence electrons. The number of hydrogen-bond donors (Lipinski definition) is 1.